The summed E-state index contributed by atoms with van der Waals surface area (Å²) in [6, 6.07) is 8.80. The highest BCUT2D eigenvalue weighted by atomic mass is 32.1. The maximum Gasteiger partial charge on any atom is 0.325 e. The summed E-state index contributed by atoms with van der Waals surface area (Å²) >= 11 is 1.23. The van der Waals surface area contributed by atoms with Crippen LogP contribution in [0.3, 0.4) is 0 Å². The number of methoxy groups -OCH3 is 1. The van der Waals surface area contributed by atoms with Crippen molar-refractivity contribution in [2.24, 2.45) is 0 Å². The first-order valence-corrected chi connectivity index (χ1v) is 7.57. The summed E-state index contributed by atoms with van der Waals surface area (Å²) in [6.45, 7) is 1.86. The summed E-state index contributed by atoms with van der Waals surface area (Å²) in [5, 5.41) is 4.55. The molecule has 1 saturated heterocycles. The Hall–Kier alpha value is -2.41. The summed E-state index contributed by atoms with van der Waals surface area (Å²) in [5.74, 6) is 0.163. The molecular weight excluding hydrogens is 302 g/mol. The van der Waals surface area contributed by atoms with Crippen molar-refractivity contribution < 1.29 is 14.3 Å². The van der Waals surface area contributed by atoms with Crippen molar-refractivity contribution in [1.82, 2.24) is 14.6 Å². The van der Waals surface area contributed by atoms with Gasteiger partial charge < -0.3 is 10.1 Å². The topological polar surface area (TPSA) is 71.5 Å². The van der Waals surface area contributed by atoms with E-state index in [1.807, 2.05) is 30.3 Å². The van der Waals surface area contributed by atoms with Gasteiger partial charge in [-0.2, -0.15) is 4.37 Å². The van der Waals surface area contributed by atoms with Crippen LogP contribution in [0.1, 0.15) is 18.1 Å². The molecule has 1 N–H and O–H groups in total. The van der Waals surface area contributed by atoms with Crippen LogP contribution in [-0.2, 0) is 16.9 Å². The fourth-order valence-electron chi connectivity index (χ4n) is 2.50. The highest BCUT2D eigenvalue weighted by Gasteiger charge is 2.49. The second-order valence-electron chi connectivity index (χ2n) is 5.16. The summed E-state index contributed by atoms with van der Waals surface area (Å²) < 4.78 is 9.20. The Kier molecular flexibility index (Phi) is 3.58. The molecule has 114 valence electrons. The SMILES string of the molecule is COc1nscc1CN1C(=O)N[C@](C)(c2ccccc2)C1=O. The van der Waals surface area contributed by atoms with Crippen LogP contribution >= 0.6 is 11.5 Å². The number of carbonyl (C=O) groups excluding carboxylic acids is 2. The van der Waals surface area contributed by atoms with Crippen LogP contribution in [0.4, 0.5) is 4.79 Å². The Morgan fingerprint density at radius 3 is 2.73 bits per heavy atom. The lowest BCUT2D eigenvalue weighted by molar-refractivity contribution is -0.131. The zero-order valence-corrected chi connectivity index (χ0v) is 13.0. The Bertz CT molecular complexity index is 716. The molecule has 2 aromatic rings. The van der Waals surface area contributed by atoms with Gasteiger partial charge in [0.2, 0.25) is 5.88 Å². The Morgan fingerprint density at radius 2 is 2.05 bits per heavy atom. The summed E-state index contributed by atoms with van der Waals surface area (Å²) in [4.78, 5) is 26.2. The van der Waals surface area contributed by atoms with E-state index >= 15 is 0 Å². The molecule has 0 unspecified atom stereocenters. The van der Waals surface area contributed by atoms with Gasteiger partial charge in [-0.3, -0.25) is 9.69 Å². The van der Waals surface area contributed by atoms with Crippen molar-refractivity contribution in [3.8, 4) is 5.88 Å². The molecule has 0 aliphatic carbocycles. The molecule has 1 aromatic carbocycles. The van der Waals surface area contributed by atoms with Crippen LogP contribution < -0.4 is 10.1 Å². The predicted molar refractivity (Wildman–Crippen MR) is 81.5 cm³/mol. The number of hydrogen-bond donors (Lipinski definition) is 1. The average molecular weight is 317 g/mol. The Balaban J connectivity index is 1.89. The number of amides is 3. The molecule has 6 nitrogen and oxygen atoms in total. The standard InChI is InChI=1S/C15H15N3O3S/c1-15(11-6-4-3-5-7-11)13(19)18(14(20)16-15)8-10-9-22-17-12(10)21-2/h3-7,9H,8H2,1-2H3,(H,16,20)/t15-/m1/s1. The molecule has 22 heavy (non-hydrogen) atoms. The van der Waals surface area contributed by atoms with Gasteiger partial charge in [0.05, 0.1) is 13.7 Å². The number of nitrogens with zero attached hydrogens (tertiary/aromatic N) is 2. The second kappa shape index (κ2) is 5.42. The van der Waals surface area contributed by atoms with Crippen LogP contribution in [0.2, 0.25) is 0 Å². The number of carbonyl (C=O) groups is 2. The highest BCUT2D eigenvalue weighted by molar-refractivity contribution is 7.03. The zero-order valence-electron chi connectivity index (χ0n) is 12.2. The first kappa shape index (κ1) is 14.5. The molecule has 7 heteroatoms. The molecule has 1 atom stereocenters. The first-order valence-electron chi connectivity index (χ1n) is 6.73. The molecule has 1 fully saturated rings. The van der Waals surface area contributed by atoms with Gasteiger partial charge in [0.25, 0.3) is 5.91 Å². The molecule has 0 spiro atoms. The lowest BCUT2D eigenvalue weighted by Crippen LogP contribution is -2.40. The molecule has 1 aliphatic rings. The maximum absolute atomic E-state index is 12.7. The fourth-order valence-corrected chi connectivity index (χ4v) is 3.14. The third-order valence-corrected chi connectivity index (χ3v) is 4.41. The molecule has 0 saturated carbocycles. The van der Waals surface area contributed by atoms with Crippen LogP contribution in [0.5, 0.6) is 5.88 Å². The van der Waals surface area contributed by atoms with Crippen LogP contribution in [0.25, 0.3) is 0 Å². The monoisotopic (exact) mass is 317 g/mol. The number of ether oxygens (including phenoxy) is 1. The third-order valence-electron chi connectivity index (χ3n) is 3.75. The molecule has 3 rings (SSSR count). The van der Waals surface area contributed by atoms with Crippen molar-refractivity contribution in [2.75, 3.05) is 7.11 Å². The quantitative estimate of drug-likeness (QED) is 0.877. The van der Waals surface area contributed by atoms with Gasteiger partial charge in [-0.05, 0) is 24.0 Å². The lowest BCUT2D eigenvalue weighted by atomic mass is 9.92. The molecule has 2 heterocycles. The molecule has 1 aromatic heterocycles. The van der Waals surface area contributed by atoms with Crippen molar-refractivity contribution in [3.05, 3.63) is 46.8 Å². The third kappa shape index (κ3) is 2.23. The Morgan fingerprint density at radius 1 is 1.32 bits per heavy atom. The van der Waals surface area contributed by atoms with E-state index in [1.54, 1.807) is 12.3 Å². The second-order valence-corrected chi connectivity index (χ2v) is 5.79. The van der Waals surface area contributed by atoms with E-state index < -0.39 is 11.6 Å². The molecule has 1 aliphatic heterocycles. The number of imide groups is 1. The number of rotatable bonds is 4. The predicted octanol–water partition coefficient (Wildman–Crippen LogP) is 2.12. The van der Waals surface area contributed by atoms with Gasteiger partial charge in [-0.15, -0.1) is 0 Å². The largest absolute Gasteiger partial charge is 0.480 e. The smallest absolute Gasteiger partial charge is 0.325 e. The first-order chi connectivity index (χ1) is 10.6. The van der Waals surface area contributed by atoms with E-state index in [9.17, 15) is 9.59 Å². The van der Waals surface area contributed by atoms with Gasteiger partial charge in [-0.1, -0.05) is 30.3 Å². The molecular formula is C15H15N3O3S. The average Bonchev–Trinajstić information content (AvgIpc) is 3.07. The van der Waals surface area contributed by atoms with Gasteiger partial charge >= 0.3 is 6.03 Å². The van der Waals surface area contributed by atoms with Crippen molar-refractivity contribution >= 4 is 23.5 Å². The van der Waals surface area contributed by atoms with E-state index in [2.05, 4.69) is 9.69 Å². The van der Waals surface area contributed by atoms with E-state index in [4.69, 9.17) is 4.74 Å². The summed E-state index contributed by atoms with van der Waals surface area (Å²) in [6.07, 6.45) is 0. The summed E-state index contributed by atoms with van der Waals surface area (Å²) in [5.41, 5.74) is 0.425. The Labute approximate surface area is 131 Å². The van der Waals surface area contributed by atoms with Gasteiger partial charge in [-0.25, -0.2) is 4.79 Å². The van der Waals surface area contributed by atoms with Gasteiger partial charge in [0, 0.05) is 10.9 Å². The summed E-state index contributed by atoms with van der Waals surface area (Å²) in [7, 11) is 1.51. The minimum absolute atomic E-state index is 0.146. The van der Waals surface area contributed by atoms with Crippen LogP contribution in [0.15, 0.2) is 35.7 Å². The van der Waals surface area contributed by atoms with Crippen molar-refractivity contribution in [2.45, 2.75) is 19.0 Å². The van der Waals surface area contributed by atoms with Crippen LogP contribution in [-0.4, -0.2) is 28.3 Å². The van der Waals surface area contributed by atoms with E-state index in [1.165, 1.54) is 23.5 Å². The minimum atomic E-state index is -1.05. The van der Waals surface area contributed by atoms with E-state index in [0.29, 0.717) is 11.4 Å². The van der Waals surface area contributed by atoms with E-state index in [-0.39, 0.29) is 12.5 Å². The molecule has 0 bridgehead atoms. The number of nitrogens with one attached hydrogen (secondary N) is 1. The van der Waals surface area contributed by atoms with Crippen LogP contribution in [0, 0.1) is 0 Å². The fraction of sp³-hybridized carbons (Fsp3) is 0.267. The highest BCUT2D eigenvalue weighted by Crippen LogP contribution is 2.31. The number of hydrogen-bond acceptors (Lipinski definition) is 5. The molecule has 3 amide bonds. The minimum Gasteiger partial charge on any atom is -0.480 e. The number of benzene rings is 1. The maximum atomic E-state index is 12.7. The van der Waals surface area contributed by atoms with Crippen molar-refractivity contribution in [1.29, 1.82) is 0 Å². The van der Waals surface area contributed by atoms with Gasteiger partial charge in [0.15, 0.2) is 0 Å². The molecule has 0 radical (unpaired) electrons. The lowest BCUT2D eigenvalue weighted by Gasteiger charge is -2.22. The zero-order chi connectivity index (χ0) is 15.7. The normalized spacial score (nSPS) is 21.1. The van der Waals surface area contributed by atoms with E-state index in [0.717, 1.165) is 5.56 Å². The van der Waals surface area contributed by atoms with Gasteiger partial charge in [0.1, 0.15) is 5.54 Å². The van der Waals surface area contributed by atoms with Crippen molar-refractivity contribution in [3.63, 3.8) is 0 Å². The number of urea groups is 1. The number of aromatic nitrogens is 1.